The van der Waals surface area contributed by atoms with Gasteiger partial charge in [0.25, 0.3) is 11.8 Å². The first kappa shape index (κ1) is 15.9. The smallest absolute Gasteiger partial charge is 0.323 e. The summed E-state index contributed by atoms with van der Waals surface area (Å²) >= 11 is 0. The lowest BCUT2D eigenvalue weighted by molar-refractivity contribution is -0.0592. The highest BCUT2D eigenvalue weighted by molar-refractivity contribution is 6.21. The second kappa shape index (κ2) is 6.25. The molecule has 0 radical (unpaired) electrons. The van der Waals surface area contributed by atoms with Gasteiger partial charge < -0.3 is 9.74 Å². The van der Waals surface area contributed by atoms with Gasteiger partial charge in [0, 0.05) is 12.7 Å². The lowest BCUT2D eigenvalue weighted by Crippen LogP contribution is -2.33. The van der Waals surface area contributed by atoms with Crippen LogP contribution in [0, 0.1) is 0 Å². The molecule has 2 amide bonds. The minimum atomic E-state index is -0.805. The summed E-state index contributed by atoms with van der Waals surface area (Å²) in [7, 11) is 3.81. The number of fused-ring (bicyclic) bond motifs is 1. The quantitative estimate of drug-likeness (QED) is 0.755. The third kappa shape index (κ3) is 2.79. The van der Waals surface area contributed by atoms with Gasteiger partial charge in [0.05, 0.1) is 17.7 Å². The first-order chi connectivity index (χ1) is 11.5. The third-order valence-electron chi connectivity index (χ3n) is 3.62. The summed E-state index contributed by atoms with van der Waals surface area (Å²) in [6, 6.07) is 7.81. The predicted octanol–water partition coefficient (Wildman–Crippen LogP) is 0.813. The largest absolute Gasteiger partial charge is 0.381 e. The fourth-order valence-electron chi connectivity index (χ4n) is 2.36. The molecule has 0 spiro atoms. The Morgan fingerprint density at radius 2 is 1.75 bits per heavy atom. The van der Waals surface area contributed by atoms with Crippen molar-refractivity contribution >= 4 is 17.8 Å². The summed E-state index contributed by atoms with van der Waals surface area (Å²) in [5.41, 5.74) is 0.612. The van der Waals surface area contributed by atoms with E-state index in [0.717, 1.165) is 0 Å². The zero-order valence-corrected chi connectivity index (χ0v) is 13.3. The summed E-state index contributed by atoms with van der Waals surface area (Å²) in [6.45, 7) is 1.15. The Morgan fingerprint density at radius 1 is 1.12 bits per heavy atom. The molecule has 1 aromatic heterocycles. The zero-order chi connectivity index (χ0) is 17.3. The topological polar surface area (TPSA) is 84.7 Å². The van der Waals surface area contributed by atoms with Crippen LogP contribution in [0.15, 0.2) is 36.5 Å². The van der Waals surface area contributed by atoms with Crippen LogP contribution >= 0.6 is 0 Å². The van der Waals surface area contributed by atoms with Crippen LogP contribution in [0.25, 0.3) is 0 Å². The minimum Gasteiger partial charge on any atom is -0.323 e. The van der Waals surface area contributed by atoms with E-state index >= 15 is 0 Å². The molecule has 8 heteroatoms. The Kier molecular flexibility index (Phi) is 4.13. The maximum absolute atomic E-state index is 12.3. The molecule has 0 bridgehead atoms. The fraction of sp³-hybridized carbons (Fsp3) is 0.250. The van der Waals surface area contributed by atoms with E-state index in [2.05, 4.69) is 5.10 Å². The van der Waals surface area contributed by atoms with Crippen LogP contribution in [-0.4, -0.2) is 58.2 Å². The number of amides is 2. The monoisotopic (exact) mass is 328 g/mol. The average molecular weight is 328 g/mol. The van der Waals surface area contributed by atoms with Gasteiger partial charge in [-0.1, -0.05) is 17.2 Å². The van der Waals surface area contributed by atoms with E-state index in [4.69, 9.17) is 4.84 Å². The Morgan fingerprint density at radius 3 is 2.33 bits per heavy atom. The highest BCUT2D eigenvalue weighted by Crippen LogP contribution is 2.23. The summed E-state index contributed by atoms with van der Waals surface area (Å²) in [5.74, 6) is -2.10. The van der Waals surface area contributed by atoms with Crippen LogP contribution in [0.5, 0.6) is 0 Å². The highest BCUT2D eigenvalue weighted by Gasteiger charge is 2.39. The zero-order valence-electron chi connectivity index (χ0n) is 13.3. The summed E-state index contributed by atoms with van der Waals surface area (Å²) in [6.07, 6.45) is 1.47. The lowest BCUT2D eigenvalue weighted by Gasteiger charge is -2.14. The van der Waals surface area contributed by atoms with Crippen molar-refractivity contribution in [2.75, 3.05) is 20.6 Å². The summed E-state index contributed by atoms with van der Waals surface area (Å²) < 4.78 is 1.47. The number of hydroxylamine groups is 2. The normalized spacial score (nSPS) is 13.5. The van der Waals surface area contributed by atoms with Crippen molar-refractivity contribution in [2.24, 2.45) is 0 Å². The minimum absolute atomic E-state index is 0.174. The van der Waals surface area contributed by atoms with Crippen molar-refractivity contribution in [1.82, 2.24) is 19.7 Å². The van der Waals surface area contributed by atoms with Crippen molar-refractivity contribution in [2.45, 2.75) is 6.54 Å². The Labute approximate surface area is 138 Å². The molecule has 0 aliphatic carbocycles. The van der Waals surface area contributed by atoms with Gasteiger partial charge in [0.15, 0.2) is 0 Å². The number of benzene rings is 1. The second-order valence-electron chi connectivity index (χ2n) is 5.57. The fourth-order valence-corrected chi connectivity index (χ4v) is 2.36. The van der Waals surface area contributed by atoms with Gasteiger partial charge in [-0.25, -0.2) is 4.79 Å². The molecule has 0 unspecified atom stereocenters. The van der Waals surface area contributed by atoms with Gasteiger partial charge in [-0.05, 0) is 32.3 Å². The van der Waals surface area contributed by atoms with E-state index in [-0.39, 0.29) is 16.8 Å². The van der Waals surface area contributed by atoms with Crippen molar-refractivity contribution in [3.8, 4) is 0 Å². The van der Waals surface area contributed by atoms with Crippen LogP contribution in [-0.2, 0) is 11.4 Å². The molecule has 0 saturated heterocycles. The molecular weight excluding hydrogens is 312 g/mol. The molecule has 1 aliphatic rings. The highest BCUT2D eigenvalue weighted by atomic mass is 16.7. The molecule has 0 fully saturated rings. The number of rotatable bonds is 5. The maximum Gasteiger partial charge on any atom is 0.381 e. The molecule has 2 heterocycles. The van der Waals surface area contributed by atoms with Crippen molar-refractivity contribution in [3.63, 3.8) is 0 Å². The van der Waals surface area contributed by atoms with E-state index in [0.29, 0.717) is 18.2 Å². The molecule has 3 rings (SSSR count). The van der Waals surface area contributed by atoms with E-state index in [1.54, 1.807) is 12.1 Å². The maximum atomic E-state index is 12.3. The van der Waals surface area contributed by atoms with Crippen LogP contribution in [0.1, 0.15) is 31.2 Å². The van der Waals surface area contributed by atoms with Gasteiger partial charge in [0.1, 0.15) is 5.69 Å². The molecule has 124 valence electrons. The number of aromatic nitrogens is 2. The number of hydrogen-bond donors (Lipinski definition) is 0. The molecule has 1 aliphatic heterocycles. The van der Waals surface area contributed by atoms with Gasteiger partial charge in [-0.3, -0.25) is 14.3 Å². The predicted molar refractivity (Wildman–Crippen MR) is 83.1 cm³/mol. The van der Waals surface area contributed by atoms with Gasteiger partial charge in [-0.15, -0.1) is 0 Å². The van der Waals surface area contributed by atoms with Crippen molar-refractivity contribution in [1.29, 1.82) is 0 Å². The van der Waals surface area contributed by atoms with Gasteiger partial charge >= 0.3 is 5.97 Å². The van der Waals surface area contributed by atoms with Crippen molar-refractivity contribution in [3.05, 3.63) is 53.3 Å². The Balaban J connectivity index is 1.76. The lowest BCUT2D eigenvalue weighted by atomic mass is 10.1. The SMILES string of the molecule is CN(C)CCn1nccc1C(=O)ON1C(=O)c2ccccc2C1=O. The van der Waals surface area contributed by atoms with Crippen LogP contribution in [0.2, 0.25) is 0 Å². The molecule has 1 aromatic carbocycles. The Hall–Kier alpha value is -3.00. The van der Waals surface area contributed by atoms with Crippen molar-refractivity contribution < 1.29 is 19.2 Å². The number of imide groups is 1. The molecular formula is C16H16N4O4. The van der Waals surface area contributed by atoms with E-state index in [1.165, 1.54) is 29.1 Å². The molecule has 24 heavy (non-hydrogen) atoms. The number of likely N-dealkylation sites (N-methyl/N-ethyl adjacent to an activating group) is 1. The van der Waals surface area contributed by atoms with Crippen LogP contribution in [0.3, 0.4) is 0 Å². The van der Waals surface area contributed by atoms with Crippen LogP contribution < -0.4 is 0 Å². The Bertz CT molecular complexity index is 777. The van der Waals surface area contributed by atoms with E-state index in [1.807, 2.05) is 19.0 Å². The molecule has 8 nitrogen and oxygen atoms in total. The van der Waals surface area contributed by atoms with E-state index < -0.39 is 17.8 Å². The summed E-state index contributed by atoms with van der Waals surface area (Å²) in [5, 5.41) is 4.56. The molecule has 0 atom stereocenters. The molecule has 0 saturated carbocycles. The standard InChI is InChI=1S/C16H16N4O4/c1-18(2)9-10-19-13(7-8-17-19)16(23)24-20-14(21)11-5-3-4-6-12(11)15(20)22/h3-8H,9-10H2,1-2H3. The number of carbonyl (C=O) groups excluding carboxylic acids is 3. The van der Waals surface area contributed by atoms with Gasteiger partial charge in [-0.2, -0.15) is 5.10 Å². The third-order valence-corrected chi connectivity index (χ3v) is 3.62. The average Bonchev–Trinajstić information content (AvgIpc) is 3.12. The summed E-state index contributed by atoms with van der Waals surface area (Å²) in [4.78, 5) is 43.7. The second-order valence-corrected chi connectivity index (χ2v) is 5.57. The van der Waals surface area contributed by atoms with Gasteiger partial charge in [0.2, 0.25) is 0 Å². The number of nitrogens with zero attached hydrogens (tertiary/aromatic N) is 4. The first-order valence-electron chi connectivity index (χ1n) is 7.35. The molecule has 2 aromatic rings. The van der Waals surface area contributed by atoms with Crippen LogP contribution in [0.4, 0.5) is 0 Å². The van der Waals surface area contributed by atoms with E-state index in [9.17, 15) is 14.4 Å². The number of carbonyl (C=O) groups is 3. The molecule has 0 N–H and O–H groups in total. The first-order valence-corrected chi connectivity index (χ1v) is 7.35. The number of hydrogen-bond acceptors (Lipinski definition) is 6.